The number of rotatable bonds is 4. The number of nitrogens with zero attached hydrogens (tertiary/aromatic N) is 2. The first-order valence-electron chi connectivity index (χ1n) is 6.39. The summed E-state index contributed by atoms with van der Waals surface area (Å²) in [6.45, 7) is 6.28. The fraction of sp³-hybridized carbons (Fsp3) is 0.667. The van der Waals surface area contributed by atoms with Crippen LogP contribution in [0.15, 0.2) is 18.5 Å². The van der Waals surface area contributed by atoms with Crippen LogP contribution in [0.25, 0.3) is 0 Å². The van der Waals surface area contributed by atoms with Crippen molar-refractivity contribution >= 4 is 5.91 Å². The van der Waals surface area contributed by atoms with E-state index in [1.54, 1.807) is 6.20 Å². The quantitative estimate of drug-likeness (QED) is 0.664. The molecule has 0 saturated carbocycles. The van der Waals surface area contributed by atoms with E-state index in [4.69, 9.17) is 0 Å². The van der Waals surface area contributed by atoms with E-state index >= 15 is 0 Å². The number of amides is 1. The minimum absolute atomic E-state index is 0.0501. The van der Waals surface area contributed by atoms with Gasteiger partial charge < -0.3 is 16.0 Å². The van der Waals surface area contributed by atoms with Gasteiger partial charge in [-0.1, -0.05) is 0 Å². The van der Waals surface area contributed by atoms with E-state index in [-0.39, 0.29) is 18.0 Å². The van der Waals surface area contributed by atoms with E-state index in [0.717, 1.165) is 6.54 Å². The summed E-state index contributed by atoms with van der Waals surface area (Å²) in [4.78, 5) is 12.0. The second-order valence-electron chi connectivity index (χ2n) is 4.91. The molecule has 3 unspecified atom stereocenters. The van der Waals surface area contributed by atoms with E-state index in [0.29, 0.717) is 19.1 Å². The molecular weight excluding hydrogens is 230 g/mol. The number of carbonyl (C=O) groups excluding carboxylic acids is 1. The van der Waals surface area contributed by atoms with E-state index in [2.05, 4.69) is 28.0 Å². The van der Waals surface area contributed by atoms with Crippen LogP contribution in [0.5, 0.6) is 0 Å². The Morgan fingerprint density at radius 1 is 1.56 bits per heavy atom. The molecule has 0 aliphatic carbocycles. The van der Waals surface area contributed by atoms with E-state index in [9.17, 15) is 4.79 Å². The fourth-order valence-corrected chi connectivity index (χ4v) is 2.05. The van der Waals surface area contributed by atoms with Gasteiger partial charge in [0.1, 0.15) is 0 Å². The molecule has 2 rings (SSSR count). The predicted octanol–water partition coefficient (Wildman–Crippen LogP) is -0.662. The van der Waals surface area contributed by atoms with Gasteiger partial charge in [-0.3, -0.25) is 9.48 Å². The molecule has 18 heavy (non-hydrogen) atoms. The van der Waals surface area contributed by atoms with E-state index < -0.39 is 0 Å². The predicted molar refractivity (Wildman–Crippen MR) is 69.1 cm³/mol. The van der Waals surface area contributed by atoms with Crippen molar-refractivity contribution in [3.8, 4) is 0 Å². The number of aromatic nitrogens is 2. The van der Waals surface area contributed by atoms with Gasteiger partial charge in [0.05, 0.1) is 12.6 Å². The maximum Gasteiger partial charge on any atom is 0.238 e. The zero-order chi connectivity index (χ0) is 13.0. The first kappa shape index (κ1) is 13.0. The van der Waals surface area contributed by atoms with Crippen LogP contribution in [-0.4, -0.2) is 46.9 Å². The third kappa shape index (κ3) is 3.54. The Bertz CT molecular complexity index is 370. The number of hydrogen-bond donors (Lipinski definition) is 3. The van der Waals surface area contributed by atoms with Crippen LogP contribution in [0.2, 0.25) is 0 Å². The molecule has 2 heterocycles. The molecule has 6 nitrogen and oxygen atoms in total. The molecule has 0 bridgehead atoms. The summed E-state index contributed by atoms with van der Waals surface area (Å²) in [7, 11) is 0. The smallest absolute Gasteiger partial charge is 0.238 e. The molecule has 6 heteroatoms. The molecule has 1 saturated heterocycles. The molecule has 3 N–H and O–H groups in total. The highest BCUT2D eigenvalue weighted by Gasteiger charge is 2.24. The van der Waals surface area contributed by atoms with Crippen LogP contribution >= 0.6 is 0 Å². The summed E-state index contributed by atoms with van der Waals surface area (Å²) < 4.78 is 1.82. The van der Waals surface area contributed by atoms with Gasteiger partial charge in [0.2, 0.25) is 5.91 Å². The number of carbonyl (C=O) groups is 1. The van der Waals surface area contributed by atoms with Crippen molar-refractivity contribution in [2.24, 2.45) is 0 Å². The second-order valence-corrected chi connectivity index (χ2v) is 4.91. The van der Waals surface area contributed by atoms with Gasteiger partial charge in [-0.15, -0.1) is 0 Å². The van der Waals surface area contributed by atoms with Crippen molar-refractivity contribution < 1.29 is 4.79 Å². The molecular formula is C12H21N5O. The van der Waals surface area contributed by atoms with Gasteiger partial charge in [-0.25, -0.2) is 0 Å². The lowest BCUT2D eigenvalue weighted by atomic mass is 10.1. The van der Waals surface area contributed by atoms with Gasteiger partial charge in [-0.2, -0.15) is 5.10 Å². The number of piperazine rings is 1. The van der Waals surface area contributed by atoms with Gasteiger partial charge in [0.15, 0.2) is 0 Å². The van der Waals surface area contributed by atoms with Crippen molar-refractivity contribution in [3.63, 3.8) is 0 Å². The first-order valence-corrected chi connectivity index (χ1v) is 6.39. The molecule has 1 fully saturated rings. The average Bonchev–Trinajstić information content (AvgIpc) is 2.82. The molecule has 0 spiro atoms. The Morgan fingerprint density at radius 2 is 2.39 bits per heavy atom. The normalized spacial score (nSPS) is 25.7. The highest BCUT2D eigenvalue weighted by atomic mass is 16.2. The zero-order valence-electron chi connectivity index (χ0n) is 10.9. The van der Waals surface area contributed by atoms with Crippen LogP contribution < -0.4 is 16.0 Å². The molecule has 3 atom stereocenters. The highest BCUT2D eigenvalue weighted by Crippen LogP contribution is 1.96. The van der Waals surface area contributed by atoms with Crippen LogP contribution in [0.1, 0.15) is 13.8 Å². The van der Waals surface area contributed by atoms with Gasteiger partial charge in [0, 0.05) is 37.6 Å². The zero-order valence-corrected chi connectivity index (χ0v) is 10.9. The van der Waals surface area contributed by atoms with E-state index in [1.807, 2.05) is 23.9 Å². The van der Waals surface area contributed by atoms with Crippen molar-refractivity contribution in [3.05, 3.63) is 18.5 Å². The Kier molecular flexibility index (Phi) is 4.33. The lowest BCUT2D eigenvalue weighted by Gasteiger charge is -2.29. The van der Waals surface area contributed by atoms with Crippen LogP contribution in [0, 0.1) is 0 Å². The molecule has 1 aliphatic heterocycles. The monoisotopic (exact) mass is 251 g/mol. The number of hydrogen-bond acceptors (Lipinski definition) is 4. The van der Waals surface area contributed by atoms with Gasteiger partial charge in [-0.05, 0) is 19.9 Å². The van der Waals surface area contributed by atoms with Crippen molar-refractivity contribution in [1.29, 1.82) is 0 Å². The Labute approximate surface area is 107 Å². The van der Waals surface area contributed by atoms with Gasteiger partial charge in [0.25, 0.3) is 0 Å². The molecule has 0 radical (unpaired) electrons. The molecule has 1 aromatic rings. The average molecular weight is 251 g/mol. The minimum Gasteiger partial charge on any atom is -0.350 e. The van der Waals surface area contributed by atoms with Crippen molar-refractivity contribution in [1.82, 2.24) is 25.7 Å². The Hall–Kier alpha value is -1.40. The molecule has 0 aromatic carbocycles. The summed E-state index contributed by atoms with van der Waals surface area (Å²) in [5, 5.41) is 13.7. The maximum atomic E-state index is 12.0. The van der Waals surface area contributed by atoms with Crippen LogP contribution in [0.3, 0.4) is 0 Å². The standard InChI is InChI=1S/C12H21N5O/c1-9-6-14-11(7-13-9)12(18)16-10(2)8-17-5-3-4-15-17/h3-5,9-11,13-14H,6-8H2,1-2H3,(H,16,18). The topological polar surface area (TPSA) is 71.0 Å². The maximum absolute atomic E-state index is 12.0. The molecule has 100 valence electrons. The highest BCUT2D eigenvalue weighted by molar-refractivity contribution is 5.82. The SMILES string of the molecule is CC1CNC(C(=O)NC(C)Cn2cccn2)CN1. The summed E-state index contributed by atoms with van der Waals surface area (Å²) in [5.41, 5.74) is 0. The molecule has 1 aromatic heterocycles. The lowest BCUT2D eigenvalue weighted by Crippen LogP contribution is -2.59. The molecule has 1 amide bonds. The number of nitrogens with one attached hydrogen (secondary N) is 3. The van der Waals surface area contributed by atoms with Crippen LogP contribution in [0.4, 0.5) is 0 Å². The minimum atomic E-state index is -0.138. The third-order valence-electron chi connectivity index (χ3n) is 3.07. The fourth-order valence-electron chi connectivity index (χ4n) is 2.05. The largest absolute Gasteiger partial charge is 0.350 e. The second kappa shape index (κ2) is 5.97. The Balaban J connectivity index is 1.76. The molecule has 1 aliphatic rings. The van der Waals surface area contributed by atoms with Crippen molar-refractivity contribution in [2.45, 2.75) is 38.5 Å². The third-order valence-corrected chi connectivity index (χ3v) is 3.07. The Morgan fingerprint density at radius 3 is 3.00 bits per heavy atom. The van der Waals surface area contributed by atoms with E-state index in [1.165, 1.54) is 0 Å². The summed E-state index contributed by atoms with van der Waals surface area (Å²) >= 11 is 0. The lowest BCUT2D eigenvalue weighted by molar-refractivity contribution is -0.124. The summed E-state index contributed by atoms with van der Waals surface area (Å²) in [6.07, 6.45) is 3.63. The summed E-state index contributed by atoms with van der Waals surface area (Å²) in [6, 6.07) is 2.23. The first-order chi connectivity index (χ1) is 8.65. The van der Waals surface area contributed by atoms with Gasteiger partial charge >= 0.3 is 0 Å². The van der Waals surface area contributed by atoms with Crippen LogP contribution in [-0.2, 0) is 11.3 Å². The summed E-state index contributed by atoms with van der Waals surface area (Å²) in [5.74, 6) is 0.0501. The van der Waals surface area contributed by atoms with Crippen molar-refractivity contribution in [2.75, 3.05) is 13.1 Å².